The Morgan fingerprint density at radius 3 is 1.96 bits per heavy atom. The molecule has 2 aromatic carbocycles. The predicted octanol–water partition coefficient (Wildman–Crippen LogP) is 4.31. The van der Waals surface area contributed by atoms with Gasteiger partial charge in [-0.1, -0.05) is 6.07 Å². The molecule has 0 radical (unpaired) electrons. The third-order valence-corrected chi connectivity index (χ3v) is 4.13. The number of carbonyl (C=O) groups excluding carboxylic acids is 2. The van der Waals surface area contributed by atoms with E-state index >= 15 is 0 Å². The molecule has 0 fully saturated rings. The highest BCUT2D eigenvalue weighted by Gasteiger charge is 2.16. The van der Waals surface area contributed by atoms with Gasteiger partial charge in [0, 0.05) is 41.1 Å². The van der Waals surface area contributed by atoms with Crippen molar-refractivity contribution < 1.29 is 9.59 Å². The standard InChI is InChI=1S/C22H29N3O2/c1-6-25(7-2)19-13-11-18(12-14-19)23-20(26)16-9-8-10-17(15-16)21(27)24-22(3,4)5/h8-15H,6-7H2,1-5H3,(H,23,26)(H,24,27). The molecule has 0 aliphatic heterocycles. The lowest BCUT2D eigenvalue weighted by atomic mass is 10.1. The molecule has 0 bridgehead atoms. The minimum atomic E-state index is -0.331. The molecule has 2 N–H and O–H groups in total. The first-order valence-corrected chi connectivity index (χ1v) is 9.32. The second-order valence-electron chi connectivity index (χ2n) is 7.46. The van der Waals surface area contributed by atoms with Gasteiger partial charge in [-0.05, 0) is 77.1 Å². The molecule has 5 nitrogen and oxygen atoms in total. The number of amides is 2. The van der Waals surface area contributed by atoms with E-state index < -0.39 is 0 Å². The Bertz CT molecular complexity index is 788. The van der Waals surface area contributed by atoms with Gasteiger partial charge in [-0.15, -0.1) is 0 Å². The Hall–Kier alpha value is -2.82. The van der Waals surface area contributed by atoms with Crippen LogP contribution in [0.3, 0.4) is 0 Å². The van der Waals surface area contributed by atoms with E-state index in [1.54, 1.807) is 24.3 Å². The fourth-order valence-corrected chi connectivity index (χ4v) is 2.76. The lowest BCUT2D eigenvalue weighted by molar-refractivity contribution is 0.0919. The Kier molecular flexibility index (Phi) is 6.61. The van der Waals surface area contributed by atoms with E-state index in [4.69, 9.17) is 0 Å². The van der Waals surface area contributed by atoms with Crippen LogP contribution in [0.15, 0.2) is 48.5 Å². The second-order valence-corrected chi connectivity index (χ2v) is 7.46. The van der Waals surface area contributed by atoms with Gasteiger partial charge in [0.15, 0.2) is 0 Å². The van der Waals surface area contributed by atoms with Crippen LogP contribution >= 0.6 is 0 Å². The number of hydrogen-bond acceptors (Lipinski definition) is 3. The molecule has 144 valence electrons. The first-order valence-electron chi connectivity index (χ1n) is 9.32. The van der Waals surface area contributed by atoms with Crippen molar-refractivity contribution in [2.75, 3.05) is 23.3 Å². The van der Waals surface area contributed by atoms with E-state index in [0.29, 0.717) is 11.1 Å². The van der Waals surface area contributed by atoms with E-state index in [1.807, 2.05) is 45.0 Å². The fourth-order valence-electron chi connectivity index (χ4n) is 2.76. The van der Waals surface area contributed by atoms with Crippen LogP contribution in [0.25, 0.3) is 0 Å². The normalized spacial score (nSPS) is 11.0. The molecule has 0 heterocycles. The highest BCUT2D eigenvalue weighted by molar-refractivity contribution is 6.06. The smallest absolute Gasteiger partial charge is 0.255 e. The van der Waals surface area contributed by atoms with Crippen molar-refractivity contribution in [3.8, 4) is 0 Å². The summed E-state index contributed by atoms with van der Waals surface area (Å²) < 4.78 is 0. The summed E-state index contributed by atoms with van der Waals surface area (Å²) >= 11 is 0. The summed E-state index contributed by atoms with van der Waals surface area (Å²) in [6.07, 6.45) is 0. The van der Waals surface area contributed by atoms with E-state index in [1.165, 1.54) is 0 Å². The topological polar surface area (TPSA) is 61.4 Å². The van der Waals surface area contributed by atoms with Gasteiger partial charge in [0.2, 0.25) is 0 Å². The summed E-state index contributed by atoms with van der Waals surface area (Å²) in [5, 5.41) is 5.79. The highest BCUT2D eigenvalue weighted by atomic mass is 16.2. The number of hydrogen-bond donors (Lipinski definition) is 2. The summed E-state index contributed by atoms with van der Waals surface area (Å²) in [6.45, 7) is 11.9. The maximum absolute atomic E-state index is 12.6. The van der Waals surface area contributed by atoms with Crippen molar-refractivity contribution in [1.29, 1.82) is 0 Å². The number of rotatable bonds is 6. The lowest BCUT2D eigenvalue weighted by Gasteiger charge is -2.21. The molecular formula is C22H29N3O2. The SMILES string of the molecule is CCN(CC)c1ccc(NC(=O)c2cccc(C(=O)NC(C)(C)C)c2)cc1. The molecule has 0 aliphatic carbocycles. The molecule has 0 spiro atoms. The molecule has 0 atom stereocenters. The van der Waals surface area contributed by atoms with Crippen LogP contribution in [0, 0.1) is 0 Å². The van der Waals surface area contributed by atoms with E-state index in [9.17, 15) is 9.59 Å². The van der Waals surface area contributed by atoms with Gasteiger partial charge in [-0.3, -0.25) is 9.59 Å². The number of nitrogens with zero attached hydrogens (tertiary/aromatic N) is 1. The number of benzene rings is 2. The van der Waals surface area contributed by atoms with Crippen molar-refractivity contribution >= 4 is 23.2 Å². The summed E-state index contributed by atoms with van der Waals surface area (Å²) in [5.74, 6) is -0.434. The van der Waals surface area contributed by atoms with E-state index in [2.05, 4.69) is 29.4 Å². The van der Waals surface area contributed by atoms with E-state index in [-0.39, 0.29) is 17.4 Å². The van der Waals surface area contributed by atoms with Gasteiger partial charge in [0.05, 0.1) is 0 Å². The monoisotopic (exact) mass is 367 g/mol. The van der Waals surface area contributed by atoms with Crippen molar-refractivity contribution in [3.63, 3.8) is 0 Å². The maximum Gasteiger partial charge on any atom is 0.255 e. The highest BCUT2D eigenvalue weighted by Crippen LogP contribution is 2.18. The van der Waals surface area contributed by atoms with Gasteiger partial charge in [0.1, 0.15) is 0 Å². The van der Waals surface area contributed by atoms with Gasteiger partial charge in [-0.2, -0.15) is 0 Å². The van der Waals surface area contributed by atoms with Crippen molar-refractivity contribution in [2.45, 2.75) is 40.2 Å². The number of nitrogens with one attached hydrogen (secondary N) is 2. The number of anilines is 2. The summed E-state index contributed by atoms with van der Waals surface area (Å²) in [5.41, 5.74) is 2.43. The minimum Gasteiger partial charge on any atom is -0.372 e. The predicted molar refractivity (Wildman–Crippen MR) is 112 cm³/mol. The summed E-state index contributed by atoms with van der Waals surface area (Å²) in [7, 11) is 0. The largest absolute Gasteiger partial charge is 0.372 e. The van der Waals surface area contributed by atoms with Crippen LogP contribution in [0.1, 0.15) is 55.3 Å². The molecule has 2 rings (SSSR count). The molecular weight excluding hydrogens is 338 g/mol. The Morgan fingerprint density at radius 1 is 0.889 bits per heavy atom. The molecule has 0 unspecified atom stereocenters. The molecule has 5 heteroatoms. The van der Waals surface area contributed by atoms with Crippen LogP contribution in [0.2, 0.25) is 0 Å². The van der Waals surface area contributed by atoms with Crippen LogP contribution in [0.5, 0.6) is 0 Å². The van der Waals surface area contributed by atoms with Gasteiger partial charge in [0.25, 0.3) is 11.8 Å². The van der Waals surface area contributed by atoms with Crippen LogP contribution < -0.4 is 15.5 Å². The fraction of sp³-hybridized carbons (Fsp3) is 0.364. The van der Waals surface area contributed by atoms with Crippen LogP contribution in [-0.2, 0) is 0 Å². The number of carbonyl (C=O) groups is 2. The first-order chi connectivity index (χ1) is 12.7. The quantitative estimate of drug-likeness (QED) is 0.800. The van der Waals surface area contributed by atoms with Crippen molar-refractivity contribution in [2.24, 2.45) is 0 Å². The molecule has 0 saturated heterocycles. The molecule has 2 amide bonds. The van der Waals surface area contributed by atoms with Gasteiger partial charge in [-0.25, -0.2) is 0 Å². The molecule has 0 aliphatic rings. The Labute approximate surface area is 161 Å². The third kappa shape index (κ3) is 5.84. The second kappa shape index (κ2) is 8.71. The Morgan fingerprint density at radius 2 is 1.44 bits per heavy atom. The zero-order valence-corrected chi connectivity index (χ0v) is 16.8. The van der Waals surface area contributed by atoms with Gasteiger partial charge < -0.3 is 15.5 Å². The molecule has 2 aromatic rings. The van der Waals surface area contributed by atoms with E-state index in [0.717, 1.165) is 24.5 Å². The van der Waals surface area contributed by atoms with Crippen LogP contribution in [-0.4, -0.2) is 30.4 Å². The molecule has 0 aromatic heterocycles. The average molecular weight is 367 g/mol. The van der Waals surface area contributed by atoms with Gasteiger partial charge >= 0.3 is 0 Å². The average Bonchev–Trinajstić information content (AvgIpc) is 2.63. The summed E-state index contributed by atoms with van der Waals surface area (Å²) in [4.78, 5) is 27.1. The molecule has 0 saturated carbocycles. The molecule has 27 heavy (non-hydrogen) atoms. The third-order valence-electron chi connectivity index (χ3n) is 4.13. The lowest BCUT2D eigenvalue weighted by Crippen LogP contribution is -2.40. The van der Waals surface area contributed by atoms with Crippen molar-refractivity contribution in [3.05, 3.63) is 59.7 Å². The summed E-state index contributed by atoms with van der Waals surface area (Å²) in [6, 6.07) is 14.5. The van der Waals surface area contributed by atoms with Crippen molar-refractivity contribution in [1.82, 2.24) is 5.32 Å². The zero-order valence-electron chi connectivity index (χ0n) is 16.8. The van der Waals surface area contributed by atoms with Crippen LogP contribution in [0.4, 0.5) is 11.4 Å². The maximum atomic E-state index is 12.6. The Balaban J connectivity index is 2.10. The minimum absolute atomic E-state index is 0.194. The zero-order chi connectivity index (χ0) is 20.0. The first kappa shape index (κ1) is 20.5.